The zero-order valence-corrected chi connectivity index (χ0v) is 10.1. The van der Waals surface area contributed by atoms with Gasteiger partial charge in [-0.3, -0.25) is 0 Å². The van der Waals surface area contributed by atoms with Crippen LogP contribution in [0.2, 0.25) is 0 Å². The quantitative estimate of drug-likeness (QED) is 0.704. The third-order valence-electron chi connectivity index (χ3n) is 3.05. The van der Waals surface area contributed by atoms with Crippen molar-refractivity contribution in [3.05, 3.63) is 54.4 Å². The second-order valence-electron chi connectivity index (χ2n) is 4.36. The number of aryl methyl sites for hydroxylation is 1. The summed E-state index contributed by atoms with van der Waals surface area (Å²) in [5.41, 5.74) is 10.3. The lowest BCUT2D eigenvalue weighted by atomic mass is 10.0. The van der Waals surface area contributed by atoms with E-state index in [4.69, 9.17) is 5.73 Å². The third-order valence-corrected chi connectivity index (χ3v) is 3.05. The molecule has 0 unspecified atom stereocenters. The number of aromatic nitrogens is 2. The molecular weight excluding hydrogens is 222 g/mol. The predicted octanol–water partition coefficient (Wildman–Crippen LogP) is 3.19. The lowest BCUT2D eigenvalue weighted by Gasteiger charge is -2.05. The van der Waals surface area contributed by atoms with E-state index in [1.54, 1.807) is 0 Å². The molecule has 3 nitrogen and oxygen atoms in total. The van der Waals surface area contributed by atoms with Crippen molar-refractivity contribution in [2.45, 2.75) is 6.92 Å². The molecule has 2 aromatic carbocycles. The summed E-state index contributed by atoms with van der Waals surface area (Å²) >= 11 is 0. The average Bonchev–Trinajstić information content (AvgIpc) is 2.40. The fourth-order valence-corrected chi connectivity index (χ4v) is 2.00. The van der Waals surface area contributed by atoms with E-state index in [2.05, 4.69) is 47.2 Å². The highest BCUT2D eigenvalue weighted by Gasteiger charge is 2.03. The van der Waals surface area contributed by atoms with Gasteiger partial charge in [-0.2, -0.15) is 0 Å². The molecule has 0 radical (unpaired) electrons. The highest BCUT2D eigenvalue weighted by atomic mass is 14.9. The molecule has 1 heterocycles. The maximum atomic E-state index is 5.88. The van der Waals surface area contributed by atoms with Gasteiger partial charge in [0.1, 0.15) is 12.1 Å². The van der Waals surface area contributed by atoms with Crippen LogP contribution >= 0.6 is 0 Å². The Kier molecular flexibility index (Phi) is 2.45. The topological polar surface area (TPSA) is 51.8 Å². The van der Waals surface area contributed by atoms with Crippen LogP contribution in [0, 0.1) is 6.92 Å². The van der Waals surface area contributed by atoms with Gasteiger partial charge in [0, 0.05) is 5.39 Å². The molecule has 0 spiro atoms. The van der Waals surface area contributed by atoms with Gasteiger partial charge in [0.2, 0.25) is 0 Å². The van der Waals surface area contributed by atoms with E-state index >= 15 is 0 Å². The normalized spacial score (nSPS) is 10.7. The van der Waals surface area contributed by atoms with Crippen LogP contribution in [-0.2, 0) is 0 Å². The predicted molar refractivity (Wildman–Crippen MR) is 74.1 cm³/mol. The maximum Gasteiger partial charge on any atom is 0.134 e. The van der Waals surface area contributed by atoms with Crippen LogP contribution in [0.3, 0.4) is 0 Å². The first kappa shape index (κ1) is 10.7. The summed E-state index contributed by atoms with van der Waals surface area (Å²) < 4.78 is 0. The average molecular weight is 235 g/mol. The first-order valence-electron chi connectivity index (χ1n) is 5.81. The molecule has 0 amide bonds. The Morgan fingerprint density at radius 2 is 1.61 bits per heavy atom. The number of anilines is 1. The number of rotatable bonds is 1. The van der Waals surface area contributed by atoms with Crippen LogP contribution in [0.4, 0.5) is 5.82 Å². The number of nitrogen functional groups attached to an aromatic ring is 1. The van der Waals surface area contributed by atoms with Crippen molar-refractivity contribution in [1.29, 1.82) is 0 Å². The number of hydrogen-bond acceptors (Lipinski definition) is 3. The van der Waals surface area contributed by atoms with E-state index in [-0.39, 0.29) is 0 Å². The third kappa shape index (κ3) is 1.80. The lowest BCUT2D eigenvalue weighted by molar-refractivity contribution is 1.23. The first-order chi connectivity index (χ1) is 8.74. The van der Waals surface area contributed by atoms with Gasteiger partial charge in [0.25, 0.3) is 0 Å². The van der Waals surface area contributed by atoms with Gasteiger partial charge < -0.3 is 5.73 Å². The largest absolute Gasteiger partial charge is 0.383 e. The summed E-state index contributed by atoms with van der Waals surface area (Å²) in [7, 11) is 0. The fourth-order valence-electron chi connectivity index (χ4n) is 2.00. The molecule has 0 aliphatic carbocycles. The molecule has 0 fully saturated rings. The van der Waals surface area contributed by atoms with Crippen molar-refractivity contribution in [2.24, 2.45) is 0 Å². The Bertz CT molecular complexity index is 703. The second-order valence-corrected chi connectivity index (χ2v) is 4.36. The molecule has 88 valence electrons. The summed E-state index contributed by atoms with van der Waals surface area (Å²) in [6, 6.07) is 14.5. The fraction of sp³-hybridized carbons (Fsp3) is 0.0667. The highest BCUT2D eigenvalue weighted by molar-refractivity contribution is 5.91. The summed E-state index contributed by atoms with van der Waals surface area (Å²) in [5.74, 6) is 0.522. The highest BCUT2D eigenvalue weighted by Crippen LogP contribution is 2.25. The molecule has 0 aliphatic heterocycles. The van der Waals surface area contributed by atoms with Crippen molar-refractivity contribution in [1.82, 2.24) is 9.97 Å². The number of nitrogens with zero attached hydrogens (tertiary/aromatic N) is 2. The molecule has 2 N–H and O–H groups in total. The van der Waals surface area contributed by atoms with Gasteiger partial charge in [-0.1, -0.05) is 35.9 Å². The summed E-state index contributed by atoms with van der Waals surface area (Å²) in [6.07, 6.45) is 1.49. The molecule has 1 aromatic heterocycles. The van der Waals surface area contributed by atoms with E-state index in [0.29, 0.717) is 5.82 Å². The van der Waals surface area contributed by atoms with E-state index in [0.717, 1.165) is 16.5 Å². The van der Waals surface area contributed by atoms with Crippen LogP contribution in [0.1, 0.15) is 5.56 Å². The number of hydrogen-bond donors (Lipinski definition) is 1. The standard InChI is InChI=1S/C15H13N3/c1-10-2-4-11(5-3-10)12-6-7-14-13(8-12)15(16)18-9-17-14/h2-9H,1H3,(H2,16,17,18). The summed E-state index contributed by atoms with van der Waals surface area (Å²) in [4.78, 5) is 8.22. The Morgan fingerprint density at radius 3 is 2.39 bits per heavy atom. The SMILES string of the molecule is Cc1ccc(-c2ccc3ncnc(N)c3c2)cc1. The molecule has 0 aliphatic rings. The molecule has 0 saturated heterocycles. The lowest BCUT2D eigenvalue weighted by Crippen LogP contribution is -1.93. The van der Waals surface area contributed by atoms with E-state index in [1.165, 1.54) is 17.5 Å². The smallest absolute Gasteiger partial charge is 0.134 e. The van der Waals surface area contributed by atoms with Crippen molar-refractivity contribution in [2.75, 3.05) is 5.73 Å². The van der Waals surface area contributed by atoms with Crippen LogP contribution in [0.25, 0.3) is 22.0 Å². The minimum Gasteiger partial charge on any atom is -0.383 e. The van der Waals surface area contributed by atoms with Gasteiger partial charge in [-0.25, -0.2) is 9.97 Å². The van der Waals surface area contributed by atoms with Crippen LogP contribution in [0.15, 0.2) is 48.8 Å². The molecule has 0 bridgehead atoms. The van der Waals surface area contributed by atoms with Crippen molar-refractivity contribution < 1.29 is 0 Å². The molecule has 3 aromatic rings. The monoisotopic (exact) mass is 235 g/mol. The maximum absolute atomic E-state index is 5.88. The molecular formula is C15H13N3. The molecule has 0 saturated carbocycles. The first-order valence-corrected chi connectivity index (χ1v) is 5.81. The van der Waals surface area contributed by atoms with Crippen molar-refractivity contribution in [3.8, 4) is 11.1 Å². The molecule has 3 rings (SSSR count). The second kappa shape index (κ2) is 4.11. The zero-order valence-electron chi connectivity index (χ0n) is 10.1. The van der Waals surface area contributed by atoms with Crippen LogP contribution in [0.5, 0.6) is 0 Å². The number of fused-ring (bicyclic) bond motifs is 1. The van der Waals surface area contributed by atoms with E-state index in [9.17, 15) is 0 Å². The number of benzene rings is 2. The Labute approximate surface area is 105 Å². The van der Waals surface area contributed by atoms with E-state index in [1.807, 2.05) is 12.1 Å². The minimum absolute atomic E-state index is 0.522. The van der Waals surface area contributed by atoms with Gasteiger partial charge in [-0.15, -0.1) is 0 Å². The Balaban J connectivity index is 2.18. The van der Waals surface area contributed by atoms with E-state index < -0.39 is 0 Å². The van der Waals surface area contributed by atoms with Gasteiger partial charge in [0.15, 0.2) is 0 Å². The van der Waals surface area contributed by atoms with Crippen LogP contribution < -0.4 is 5.73 Å². The van der Waals surface area contributed by atoms with Crippen molar-refractivity contribution in [3.63, 3.8) is 0 Å². The van der Waals surface area contributed by atoms with Gasteiger partial charge in [-0.05, 0) is 30.2 Å². The summed E-state index contributed by atoms with van der Waals surface area (Å²) in [5, 5.41) is 0.899. The van der Waals surface area contributed by atoms with Gasteiger partial charge >= 0.3 is 0 Å². The zero-order chi connectivity index (χ0) is 12.5. The van der Waals surface area contributed by atoms with Crippen LogP contribution in [-0.4, -0.2) is 9.97 Å². The molecule has 18 heavy (non-hydrogen) atoms. The Hall–Kier alpha value is -2.42. The number of nitrogens with two attached hydrogens (primary N) is 1. The van der Waals surface area contributed by atoms with Crippen molar-refractivity contribution >= 4 is 16.7 Å². The van der Waals surface area contributed by atoms with Gasteiger partial charge in [0.05, 0.1) is 5.52 Å². The molecule has 3 heteroatoms. The minimum atomic E-state index is 0.522. The molecule has 0 atom stereocenters. The Morgan fingerprint density at radius 1 is 0.889 bits per heavy atom. The summed E-state index contributed by atoms with van der Waals surface area (Å²) in [6.45, 7) is 2.08.